The Morgan fingerprint density at radius 2 is 1.88 bits per heavy atom. The van der Waals surface area contributed by atoms with Crippen LogP contribution in [0.15, 0.2) is 30.6 Å². The van der Waals surface area contributed by atoms with Crippen molar-refractivity contribution in [3.8, 4) is 0 Å². The van der Waals surface area contributed by atoms with Crippen molar-refractivity contribution in [2.75, 3.05) is 18.1 Å². The maximum atomic E-state index is 10.5. The molecule has 2 saturated heterocycles. The number of rotatable bonds is 3. The van der Waals surface area contributed by atoms with Crippen LogP contribution < -0.4 is 4.90 Å². The van der Waals surface area contributed by atoms with Gasteiger partial charge >= 0.3 is 0 Å². The monoisotopic (exact) mass is 473 g/mol. The molecule has 1 spiro atoms. The first kappa shape index (κ1) is 21.5. The standard InChI is InChI=1S/C23H28ClN5O4/c24-22-26-19(28-11-23(8-4-1-5-9-23)13-6-2-3-7-14(13)28)16-20(27-22)29(12-25-16)21-18(32)17(31)15(10-30)33-21/h2-3,6-7,12-15,17-18,21,30-32H,1,4-5,8-11H2/t13?,14?,15-,17-,18-,21-/m1/s1. The van der Waals surface area contributed by atoms with Gasteiger partial charge in [-0.15, -0.1) is 0 Å². The molecule has 3 N–H and O–H groups in total. The highest BCUT2D eigenvalue weighted by molar-refractivity contribution is 6.28. The van der Waals surface area contributed by atoms with Crippen LogP contribution in [0, 0.1) is 11.3 Å². The Hall–Kier alpha value is -2.04. The van der Waals surface area contributed by atoms with Crippen LogP contribution in [0.25, 0.3) is 11.2 Å². The zero-order valence-corrected chi connectivity index (χ0v) is 18.9. The fourth-order valence-corrected chi connectivity index (χ4v) is 6.51. The predicted molar refractivity (Wildman–Crippen MR) is 122 cm³/mol. The fraction of sp³-hybridized carbons (Fsp3) is 0.609. The van der Waals surface area contributed by atoms with Gasteiger partial charge in [-0.2, -0.15) is 9.97 Å². The van der Waals surface area contributed by atoms with E-state index in [1.165, 1.54) is 38.4 Å². The minimum Gasteiger partial charge on any atom is -0.394 e. The van der Waals surface area contributed by atoms with Gasteiger partial charge < -0.3 is 25.0 Å². The zero-order valence-electron chi connectivity index (χ0n) is 18.2. The Labute approximate surface area is 196 Å². The van der Waals surface area contributed by atoms with Gasteiger partial charge in [-0.05, 0) is 29.9 Å². The van der Waals surface area contributed by atoms with Gasteiger partial charge in [0.2, 0.25) is 5.28 Å². The summed E-state index contributed by atoms with van der Waals surface area (Å²) in [5.74, 6) is 1.09. The van der Waals surface area contributed by atoms with Crippen LogP contribution in [0.1, 0.15) is 38.3 Å². The molecule has 2 aromatic heterocycles. The van der Waals surface area contributed by atoms with Crippen molar-refractivity contribution in [3.05, 3.63) is 35.9 Å². The Balaban J connectivity index is 1.42. The molecule has 0 bridgehead atoms. The molecule has 2 aromatic rings. The summed E-state index contributed by atoms with van der Waals surface area (Å²) < 4.78 is 7.27. The lowest BCUT2D eigenvalue weighted by Crippen LogP contribution is -2.33. The number of aliphatic hydroxyl groups is 3. The maximum absolute atomic E-state index is 10.5. The largest absolute Gasteiger partial charge is 0.394 e. The van der Waals surface area contributed by atoms with Crippen LogP contribution in [0.2, 0.25) is 5.28 Å². The quantitative estimate of drug-likeness (QED) is 0.579. The molecule has 2 aliphatic heterocycles. The van der Waals surface area contributed by atoms with E-state index < -0.39 is 31.1 Å². The van der Waals surface area contributed by atoms with Crippen molar-refractivity contribution < 1.29 is 20.1 Å². The number of imidazole rings is 1. The molecule has 10 heteroatoms. The molecule has 2 aliphatic carbocycles. The molecule has 2 unspecified atom stereocenters. The average molecular weight is 474 g/mol. The van der Waals surface area contributed by atoms with Gasteiger partial charge in [0.1, 0.15) is 18.3 Å². The van der Waals surface area contributed by atoms with E-state index in [4.69, 9.17) is 16.3 Å². The van der Waals surface area contributed by atoms with Gasteiger partial charge in [-0.3, -0.25) is 4.57 Å². The minimum absolute atomic E-state index is 0.0856. The van der Waals surface area contributed by atoms with Crippen LogP contribution in [0.3, 0.4) is 0 Å². The molecule has 33 heavy (non-hydrogen) atoms. The summed E-state index contributed by atoms with van der Waals surface area (Å²) in [5, 5.41) is 30.3. The van der Waals surface area contributed by atoms with Crippen LogP contribution in [0.5, 0.6) is 0 Å². The van der Waals surface area contributed by atoms with E-state index in [0.29, 0.717) is 22.9 Å². The topological polar surface area (TPSA) is 117 Å². The number of allylic oxidation sites excluding steroid dienone is 2. The summed E-state index contributed by atoms with van der Waals surface area (Å²) in [6, 6.07) is 0.168. The molecule has 6 atom stereocenters. The number of ether oxygens (including phenoxy) is 1. The summed E-state index contributed by atoms with van der Waals surface area (Å²) in [6.07, 6.45) is 12.3. The van der Waals surface area contributed by atoms with E-state index in [1.807, 2.05) is 0 Å². The normalized spacial score (nSPS) is 35.1. The highest BCUT2D eigenvalue weighted by Gasteiger charge is 2.52. The number of aromatic nitrogens is 4. The summed E-state index contributed by atoms with van der Waals surface area (Å²) in [5.41, 5.74) is 1.21. The van der Waals surface area contributed by atoms with Crippen LogP contribution in [-0.4, -0.2) is 72.3 Å². The second-order valence-corrected chi connectivity index (χ2v) is 10.0. The first-order valence-corrected chi connectivity index (χ1v) is 12.0. The maximum Gasteiger partial charge on any atom is 0.226 e. The fourth-order valence-electron chi connectivity index (χ4n) is 6.35. The highest BCUT2D eigenvalue weighted by atomic mass is 35.5. The van der Waals surface area contributed by atoms with Gasteiger partial charge in [0.15, 0.2) is 23.2 Å². The number of anilines is 1. The Bertz CT molecular complexity index is 1110. The molecular formula is C23H28ClN5O4. The summed E-state index contributed by atoms with van der Waals surface area (Å²) in [7, 11) is 0. The Morgan fingerprint density at radius 3 is 2.64 bits per heavy atom. The zero-order chi connectivity index (χ0) is 22.7. The smallest absolute Gasteiger partial charge is 0.226 e. The third-order valence-corrected chi connectivity index (χ3v) is 8.12. The van der Waals surface area contributed by atoms with Crippen LogP contribution in [-0.2, 0) is 4.74 Å². The lowest BCUT2D eigenvalue weighted by atomic mass is 9.65. The summed E-state index contributed by atoms with van der Waals surface area (Å²) in [4.78, 5) is 15.9. The lowest BCUT2D eigenvalue weighted by Gasteiger charge is -2.38. The molecule has 9 nitrogen and oxygen atoms in total. The van der Waals surface area contributed by atoms with Gasteiger partial charge in [0.05, 0.1) is 19.0 Å². The van der Waals surface area contributed by atoms with Crippen molar-refractivity contribution in [1.29, 1.82) is 0 Å². The van der Waals surface area contributed by atoms with Gasteiger partial charge in [-0.1, -0.05) is 43.6 Å². The summed E-state index contributed by atoms with van der Waals surface area (Å²) >= 11 is 6.40. The first-order valence-electron chi connectivity index (χ1n) is 11.7. The second kappa shape index (κ2) is 8.02. The molecule has 1 saturated carbocycles. The van der Waals surface area contributed by atoms with Crippen molar-refractivity contribution >= 4 is 28.6 Å². The average Bonchev–Trinajstić information content (AvgIpc) is 3.47. The molecule has 4 aliphatic rings. The molecular weight excluding hydrogens is 446 g/mol. The molecule has 4 heterocycles. The molecule has 3 fully saturated rings. The van der Waals surface area contributed by atoms with E-state index in [9.17, 15) is 15.3 Å². The number of hydrogen-bond acceptors (Lipinski definition) is 8. The van der Waals surface area contributed by atoms with Crippen molar-refractivity contribution in [1.82, 2.24) is 19.5 Å². The highest BCUT2D eigenvalue weighted by Crippen LogP contribution is 2.53. The van der Waals surface area contributed by atoms with Crippen molar-refractivity contribution in [2.24, 2.45) is 11.3 Å². The number of halogens is 1. The number of nitrogens with zero attached hydrogens (tertiary/aromatic N) is 5. The van der Waals surface area contributed by atoms with E-state index in [2.05, 4.69) is 44.2 Å². The predicted octanol–water partition coefficient (Wildman–Crippen LogP) is 1.97. The molecule has 176 valence electrons. The third-order valence-electron chi connectivity index (χ3n) is 7.95. The van der Waals surface area contributed by atoms with Gasteiger partial charge in [-0.25, -0.2) is 4.98 Å². The Morgan fingerprint density at radius 1 is 1.09 bits per heavy atom. The van der Waals surface area contributed by atoms with E-state index in [1.54, 1.807) is 4.57 Å². The van der Waals surface area contributed by atoms with Crippen LogP contribution in [0.4, 0.5) is 5.82 Å². The molecule has 6 rings (SSSR count). The Kier molecular flexibility index (Phi) is 5.23. The van der Waals surface area contributed by atoms with E-state index >= 15 is 0 Å². The third kappa shape index (κ3) is 3.24. The summed E-state index contributed by atoms with van der Waals surface area (Å²) in [6.45, 7) is 0.474. The molecule has 0 amide bonds. The van der Waals surface area contributed by atoms with Crippen molar-refractivity contribution in [3.63, 3.8) is 0 Å². The lowest BCUT2D eigenvalue weighted by molar-refractivity contribution is -0.0511. The van der Waals surface area contributed by atoms with Crippen LogP contribution >= 0.6 is 11.6 Å². The van der Waals surface area contributed by atoms with E-state index in [0.717, 1.165) is 6.54 Å². The number of aliphatic hydroxyl groups excluding tert-OH is 3. The van der Waals surface area contributed by atoms with E-state index in [-0.39, 0.29) is 16.7 Å². The van der Waals surface area contributed by atoms with Crippen molar-refractivity contribution in [2.45, 2.75) is 62.7 Å². The molecule has 0 radical (unpaired) electrons. The SMILES string of the molecule is OC[C@H]1O[C@@H](n2cnc3c(N4CC5(CCCCC5)C5C=CC=CC54)nc(Cl)nc32)[C@H](O)[C@@H]1O. The minimum atomic E-state index is -1.23. The second-order valence-electron chi connectivity index (χ2n) is 9.71. The molecule has 0 aromatic carbocycles. The number of hydrogen-bond donors (Lipinski definition) is 3. The first-order chi connectivity index (χ1) is 16.0. The van der Waals surface area contributed by atoms with Gasteiger partial charge in [0.25, 0.3) is 0 Å². The van der Waals surface area contributed by atoms with Gasteiger partial charge in [0, 0.05) is 12.5 Å². The number of fused-ring (bicyclic) bond motifs is 3.